The van der Waals surface area contributed by atoms with Gasteiger partial charge in [-0.3, -0.25) is 4.90 Å². The second-order valence-electron chi connectivity index (χ2n) is 8.22. The number of nitrogens with zero attached hydrogens (tertiary/aromatic N) is 2. The maximum atomic E-state index is 13.0. The molecule has 0 bridgehead atoms. The molecule has 0 aromatic heterocycles. The van der Waals surface area contributed by atoms with Crippen LogP contribution in [-0.4, -0.2) is 44.3 Å². The standard InChI is InChI=1S/C24H29ClFN3O2/c1-17(29-11-13-31-23-15-19(25)14-22(27)24(23)29)16-28-9-6-18(7-10-28)8-12-30-21-4-2-20(26)3-5-21/h2-5,14-15,18H,1,6-13,16,27H2. The predicted octanol–water partition coefficient (Wildman–Crippen LogP) is 4.95. The molecule has 1 fully saturated rings. The number of benzene rings is 2. The number of hydrogen-bond donors (Lipinski definition) is 1. The van der Waals surface area contributed by atoms with Crippen LogP contribution in [0.4, 0.5) is 15.8 Å². The molecule has 166 valence electrons. The van der Waals surface area contributed by atoms with Crippen LogP contribution < -0.4 is 20.1 Å². The van der Waals surface area contributed by atoms with E-state index in [1.807, 2.05) is 6.07 Å². The van der Waals surface area contributed by atoms with Gasteiger partial charge in [0.2, 0.25) is 0 Å². The predicted molar refractivity (Wildman–Crippen MR) is 124 cm³/mol. The van der Waals surface area contributed by atoms with Gasteiger partial charge in [-0.2, -0.15) is 0 Å². The summed E-state index contributed by atoms with van der Waals surface area (Å²) in [6, 6.07) is 9.77. The van der Waals surface area contributed by atoms with E-state index in [2.05, 4.69) is 16.4 Å². The van der Waals surface area contributed by atoms with Crippen molar-refractivity contribution < 1.29 is 13.9 Å². The van der Waals surface area contributed by atoms with Gasteiger partial charge in [-0.1, -0.05) is 18.2 Å². The van der Waals surface area contributed by atoms with Crippen molar-refractivity contribution in [3.63, 3.8) is 0 Å². The molecule has 1 saturated heterocycles. The smallest absolute Gasteiger partial charge is 0.146 e. The number of nitrogens with two attached hydrogens (primary N) is 1. The van der Waals surface area contributed by atoms with Crippen LogP contribution in [0.2, 0.25) is 5.02 Å². The van der Waals surface area contributed by atoms with Crippen LogP contribution in [0.5, 0.6) is 11.5 Å². The summed E-state index contributed by atoms with van der Waals surface area (Å²) >= 11 is 6.12. The SMILES string of the molecule is C=C(CN1CCC(CCOc2ccc(F)cc2)CC1)N1CCOc2cc(Cl)cc(N)c21. The minimum absolute atomic E-state index is 0.242. The molecule has 2 aliphatic heterocycles. The number of likely N-dealkylation sites (tertiary alicyclic amines) is 1. The summed E-state index contributed by atoms with van der Waals surface area (Å²) < 4.78 is 24.5. The van der Waals surface area contributed by atoms with Gasteiger partial charge in [0, 0.05) is 23.3 Å². The van der Waals surface area contributed by atoms with Crippen molar-refractivity contribution in [1.29, 1.82) is 0 Å². The van der Waals surface area contributed by atoms with Crippen molar-refractivity contribution >= 4 is 23.0 Å². The van der Waals surface area contributed by atoms with E-state index in [1.165, 1.54) is 12.1 Å². The van der Waals surface area contributed by atoms with Crippen LogP contribution in [0.25, 0.3) is 0 Å². The van der Waals surface area contributed by atoms with E-state index >= 15 is 0 Å². The molecule has 0 amide bonds. The number of rotatable bonds is 7. The van der Waals surface area contributed by atoms with E-state index in [0.29, 0.717) is 29.8 Å². The lowest BCUT2D eigenvalue weighted by atomic mass is 9.94. The quantitative estimate of drug-likeness (QED) is 0.611. The Hall–Kier alpha value is -2.44. The van der Waals surface area contributed by atoms with Gasteiger partial charge in [0.1, 0.15) is 29.6 Å². The van der Waals surface area contributed by atoms with E-state index in [-0.39, 0.29) is 5.82 Å². The highest BCUT2D eigenvalue weighted by atomic mass is 35.5. The highest BCUT2D eigenvalue weighted by Crippen LogP contribution is 2.41. The van der Waals surface area contributed by atoms with Crippen LogP contribution in [0.15, 0.2) is 48.7 Å². The molecule has 7 heteroatoms. The normalized spacial score (nSPS) is 17.2. The topological polar surface area (TPSA) is 51.0 Å². The van der Waals surface area contributed by atoms with Gasteiger partial charge in [-0.05, 0) is 68.6 Å². The Morgan fingerprint density at radius 3 is 2.68 bits per heavy atom. The molecule has 0 saturated carbocycles. The van der Waals surface area contributed by atoms with Crippen molar-refractivity contribution in [3.05, 3.63) is 59.5 Å². The molecular weight excluding hydrogens is 417 g/mol. The zero-order valence-corrected chi connectivity index (χ0v) is 18.4. The fourth-order valence-corrected chi connectivity index (χ4v) is 4.54. The summed E-state index contributed by atoms with van der Waals surface area (Å²) in [7, 11) is 0. The molecule has 31 heavy (non-hydrogen) atoms. The number of halogens is 2. The molecular formula is C24H29ClFN3O2. The highest BCUT2D eigenvalue weighted by molar-refractivity contribution is 6.31. The Kier molecular flexibility index (Phi) is 6.88. The second kappa shape index (κ2) is 9.79. The molecule has 0 radical (unpaired) electrons. The fraction of sp³-hybridized carbons (Fsp3) is 0.417. The van der Waals surface area contributed by atoms with Gasteiger partial charge in [0.25, 0.3) is 0 Å². The van der Waals surface area contributed by atoms with Gasteiger partial charge in [0.15, 0.2) is 0 Å². The van der Waals surface area contributed by atoms with Crippen LogP contribution in [-0.2, 0) is 0 Å². The van der Waals surface area contributed by atoms with Gasteiger partial charge in [-0.15, -0.1) is 0 Å². The Morgan fingerprint density at radius 2 is 1.94 bits per heavy atom. The van der Waals surface area contributed by atoms with Gasteiger partial charge in [0.05, 0.1) is 18.8 Å². The van der Waals surface area contributed by atoms with E-state index < -0.39 is 0 Å². The average molecular weight is 446 g/mol. The summed E-state index contributed by atoms with van der Waals surface area (Å²) in [4.78, 5) is 4.61. The highest BCUT2D eigenvalue weighted by Gasteiger charge is 2.26. The summed E-state index contributed by atoms with van der Waals surface area (Å²) in [5.41, 5.74) is 8.73. The Bertz CT molecular complexity index is 914. The number of fused-ring (bicyclic) bond motifs is 1. The number of nitrogen functional groups attached to an aromatic ring is 1. The third kappa shape index (κ3) is 5.43. The van der Waals surface area contributed by atoms with Crippen LogP contribution in [0.1, 0.15) is 19.3 Å². The Balaban J connectivity index is 1.24. The fourth-order valence-electron chi connectivity index (χ4n) is 4.32. The molecule has 4 rings (SSSR count). The first-order chi connectivity index (χ1) is 15.0. The molecule has 2 aromatic carbocycles. The van der Waals surface area contributed by atoms with Crippen LogP contribution in [0.3, 0.4) is 0 Å². The third-order valence-electron chi connectivity index (χ3n) is 6.02. The van der Waals surface area contributed by atoms with Gasteiger partial charge >= 0.3 is 0 Å². The van der Waals surface area contributed by atoms with Crippen molar-refractivity contribution in [1.82, 2.24) is 4.90 Å². The maximum Gasteiger partial charge on any atom is 0.146 e. The van der Waals surface area contributed by atoms with Gasteiger partial charge < -0.3 is 20.1 Å². The molecule has 5 nitrogen and oxygen atoms in total. The zero-order valence-electron chi connectivity index (χ0n) is 17.7. The van der Waals surface area contributed by atoms with E-state index in [4.69, 9.17) is 26.8 Å². The number of hydrogen-bond acceptors (Lipinski definition) is 5. The number of ether oxygens (including phenoxy) is 2. The first-order valence-corrected chi connectivity index (χ1v) is 11.2. The van der Waals surface area contributed by atoms with E-state index in [0.717, 1.165) is 68.3 Å². The largest absolute Gasteiger partial charge is 0.494 e. The number of anilines is 2. The van der Waals surface area contributed by atoms with Crippen molar-refractivity contribution in [3.8, 4) is 11.5 Å². The molecule has 0 aliphatic carbocycles. The summed E-state index contributed by atoms with van der Waals surface area (Å²) in [5, 5.41) is 0.578. The number of piperidine rings is 1. The summed E-state index contributed by atoms with van der Waals surface area (Å²) in [6.45, 7) is 9.19. The Morgan fingerprint density at radius 1 is 1.19 bits per heavy atom. The molecule has 2 aromatic rings. The maximum absolute atomic E-state index is 13.0. The van der Waals surface area contributed by atoms with E-state index in [9.17, 15) is 4.39 Å². The summed E-state index contributed by atoms with van der Waals surface area (Å²) in [6.07, 6.45) is 3.29. The average Bonchev–Trinajstić information content (AvgIpc) is 2.75. The zero-order chi connectivity index (χ0) is 21.8. The van der Waals surface area contributed by atoms with Crippen molar-refractivity contribution in [2.45, 2.75) is 19.3 Å². The lowest BCUT2D eigenvalue weighted by Crippen LogP contribution is -2.40. The second-order valence-corrected chi connectivity index (χ2v) is 8.66. The molecule has 0 unspecified atom stereocenters. The monoisotopic (exact) mass is 445 g/mol. The first-order valence-electron chi connectivity index (χ1n) is 10.8. The third-order valence-corrected chi connectivity index (χ3v) is 6.23. The molecule has 2 N–H and O–H groups in total. The molecule has 0 atom stereocenters. The Labute approximate surface area is 188 Å². The minimum Gasteiger partial charge on any atom is -0.494 e. The van der Waals surface area contributed by atoms with Crippen LogP contribution >= 0.6 is 11.6 Å². The van der Waals surface area contributed by atoms with Crippen molar-refractivity contribution in [2.75, 3.05) is 50.0 Å². The van der Waals surface area contributed by atoms with Crippen LogP contribution in [0, 0.1) is 11.7 Å². The lowest BCUT2D eigenvalue weighted by Gasteiger charge is -2.37. The minimum atomic E-state index is -0.242. The first kappa shape index (κ1) is 21.8. The molecule has 2 heterocycles. The van der Waals surface area contributed by atoms with E-state index in [1.54, 1.807) is 18.2 Å². The summed E-state index contributed by atoms with van der Waals surface area (Å²) in [5.74, 6) is 1.85. The van der Waals surface area contributed by atoms with Gasteiger partial charge in [-0.25, -0.2) is 4.39 Å². The molecule has 2 aliphatic rings. The molecule has 0 spiro atoms. The van der Waals surface area contributed by atoms with Crippen molar-refractivity contribution in [2.24, 2.45) is 5.92 Å². The lowest BCUT2D eigenvalue weighted by molar-refractivity contribution is 0.171.